The van der Waals surface area contributed by atoms with E-state index in [1.165, 1.54) is 24.1 Å². The third-order valence-electron chi connectivity index (χ3n) is 3.87. The highest BCUT2D eigenvalue weighted by molar-refractivity contribution is 5.23. The summed E-state index contributed by atoms with van der Waals surface area (Å²) in [4.78, 5) is 2.38. The fraction of sp³-hybridized carbons (Fsp3) is 0.769. The van der Waals surface area contributed by atoms with Crippen molar-refractivity contribution in [3.8, 4) is 0 Å². The minimum atomic E-state index is 0.272. The summed E-state index contributed by atoms with van der Waals surface area (Å²) in [5, 5.41) is 16.9. The maximum Gasteiger partial charge on any atom is 0.0651 e. The molecule has 4 nitrogen and oxygen atoms in total. The lowest BCUT2D eigenvalue weighted by Crippen LogP contribution is -2.41. The number of hydrogen-bond donors (Lipinski definition) is 2. The van der Waals surface area contributed by atoms with Crippen molar-refractivity contribution in [2.75, 3.05) is 13.2 Å². The highest BCUT2D eigenvalue weighted by Gasteiger charge is 2.22. The fourth-order valence-corrected chi connectivity index (χ4v) is 2.65. The fourth-order valence-electron chi connectivity index (χ4n) is 2.65. The third-order valence-corrected chi connectivity index (χ3v) is 3.87. The second-order valence-electron chi connectivity index (χ2n) is 4.93. The van der Waals surface area contributed by atoms with E-state index in [9.17, 15) is 5.11 Å². The van der Waals surface area contributed by atoms with E-state index in [1.807, 2.05) is 0 Å². The van der Waals surface area contributed by atoms with Crippen molar-refractivity contribution >= 4 is 0 Å². The smallest absolute Gasteiger partial charge is 0.0651 e. The second-order valence-corrected chi connectivity index (χ2v) is 4.93. The van der Waals surface area contributed by atoms with Gasteiger partial charge in [-0.2, -0.15) is 5.10 Å². The monoisotopic (exact) mass is 237 g/mol. The van der Waals surface area contributed by atoms with Gasteiger partial charge in [-0.25, -0.2) is 0 Å². The van der Waals surface area contributed by atoms with Crippen LogP contribution in [0.2, 0.25) is 0 Å². The molecule has 0 saturated carbocycles. The van der Waals surface area contributed by atoms with Crippen LogP contribution in [0.5, 0.6) is 0 Å². The van der Waals surface area contributed by atoms with Gasteiger partial charge in [-0.05, 0) is 38.3 Å². The van der Waals surface area contributed by atoms with Crippen LogP contribution in [0.4, 0.5) is 0 Å². The van der Waals surface area contributed by atoms with Crippen LogP contribution < -0.4 is 0 Å². The highest BCUT2D eigenvalue weighted by atomic mass is 16.3. The molecular formula is C13H23N3O. The standard InChI is InChI=1S/C13H23N3O/c1-3-12-10(2)13(15-14-12)8-16-7-5-4-6-11(16)9-17/h11,17H,3-9H2,1-2H3,(H,14,15). The van der Waals surface area contributed by atoms with Crippen molar-refractivity contribution in [1.29, 1.82) is 0 Å². The molecule has 1 aromatic heterocycles. The van der Waals surface area contributed by atoms with Gasteiger partial charge < -0.3 is 5.11 Å². The van der Waals surface area contributed by atoms with Crippen molar-refractivity contribution in [2.45, 2.75) is 52.1 Å². The van der Waals surface area contributed by atoms with Crippen LogP contribution in [0.1, 0.15) is 43.1 Å². The summed E-state index contributed by atoms with van der Waals surface area (Å²) in [5.74, 6) is 0. The number of aliphatic hydroxyl groups excluding tert-OH is 1. The molecule has 0 radical (unpaired) electrons. The van der Waals surface area contributed by atoms with Gasteiger partial charge in [0, 0.05) is 12.6 Å². The Bertz CT molecular complexity index is 362. The minimum absolute atomic E-state index is 0.272. The lowest BCUT2D eigenvalue weighted by molar-refractivity contribution is 0.0829. The van der Waals surface area contributed by atoms with Crippen LogP contribution in [0.3, 0.4) is 0 Å². The number of nitrogens with zero attached hydrogens (tertiary/aromatic N) is 2. The Morgan fingerprint density at radius 1 is 1.47 bits per heavy atom. The molecule has 0 bridgehead atoms. The molecule has 1 aliphatic heterocycles. The van der Waals surface area contributed by atoms with Crippen LogP contribution >= 0.6 is 0 Å². The summed E-state index contributed by atoms with van der Waals surface area (Å²) in [6.45, 7) is 6.52. The van der Waals surface area contributed by atoms with Crippen molar-refractivity contribution in [3.05, 3.63) is 17.0 Å². The number of aromatic nitrogens is 2. The van der Waals surface area contributed by atoms with Crippen molar-refractivity contribution < 1.29 is 5.11 Å². The molecule has 4 heteroatoms. The van der Waals surface area contributed by atoms with Gasteiger partial charge in [0.25, 0.3) is 0 Å². The number of hydrogen-bond acceptors (Lipinski definition) is 3. The number of likely N-dealkylation sites (tertiary alicyclic amines) is 1. The number of piperidine rings is 1. The summed E-state index contributed by atoms with van der Waals surface area (Å²) >= 11 is 0. The molecule has 0 amide bonds. The van der Waals surface area contributed by atoms with Crippen LogP contribution in [0.15, 0.2) is 0 Å². The number of rotatable bonds is 4. The molecule has 0 aliphatic carbocycles. The Morgan fingerprint density at radius 2 is 2.29 bits per heavy atom. The molecule has 2 heterocycles. The van der Waals surface area contributed by atoms with E-state index in [-0.39, 0.29) is 6.61 Å². The first-order valence-electron chi connectivity index (χ1n) is 6.63. The summed E-state index contributed by atoms with van der Waals surface area (Å²) in [5.41, 5.74) is 3.66. The molecule has 1 saturated heterocycles. The molecular weight excluding hydrogens is 214 g/mol. The quantitative estimate of drug-likeness (QED) is 0.837. The van der Waals surface area contributed by atoms with Crippen LogP contribution in [-0.4, -0.2) is 39.4 Å². The molecule has 1 atom stereocenters. The minimum Gasteiger partial charge on any atom is -0.395 e. The lowest BCUT2D eigenvalue weighted by atomic mass is 10.0. The van der Waals surface area contributed by atoms with E-state index in [0.717, 1.165) is 31.6 Å². The van der Waals surface area contributed by atoms with E-state index >= 15 is 0 Å². The Morgan fingerprint density at radius 3 is 2.94 bits per heavy atom. The maximum absolute atomic E-state index is 9.39. The first-order chi connectivity index (χ1) is 8.26. The molecule has 17 heavy (non-hydrogen) atoms. The number of H-pyrrole nitrogens is 1. The van der Waals surface area contributed by atoms with Gasteiger partial charge >= 0.3 is 0 Å². The molecule has 1 aromatic rings. The first-order valence-corrected chi connectivity index (χ1v) is 6.63. The first kappa shape index (κ1) is 12.6. The number of aliphatic hydroxyl groups is 1. The van der Waals surface area contributed by atoms with Gasteiger partial charge in [0.05, 0.1) is 18.0 Å². The third kappa shape index (κ3) is 2.69. The Kier molecular flexibility index (Phi) is 4.18. The van der Waals surface area contributed by atoms with Gasteiger partial charge in [-0.3, -0.25) is 10.00 Å². The molecule has 2 N–H and O–H groups in total. The predicted octanol–water partition coefficient (Wildman–Crippen LogP) is 1.63. The average Bonchev–Trinajstić information content (AvgIpc) is 2.71. The van der Waals surface area contributed by atoms with Gasteiger partial charge in [-0.15, -0.1) is 0 Å². The van der Waals surface area contributed by atoms with E-state index in [1.54, 1.807) is 0 Å². The van der Waals surface area contributed by atoms with Crippen molar-refractivity contribution in [1.82, 2.24) is 15.1 Å². The summed E-state index contributed by atoms with van der Waals surface area (Å²) in [6.07, 6.45) is 4.57. The Labute approximate surface area is 103 Å². The van der Waals surface area contributed by atoms with Gasteiger partial charge in [-0.1, -0.05) is 13.3 Å². The van der Waals surface area contributed by atoms with Crippen molar-refractivity contribution in [3.63, 3.8) is 0 Å². The zero-order valence-corrected chi connectivity index (χ0v) is 10.9. The highest BCUT2D eigenvalue weighted by Crippen LogP contribution is 2.20. The van der Waals surface area contributed by atoms with E-state index in [4.69, 9.17) is 0 Å². The van der Waals surface area contributed by atoms with E-state index < -0.39 is 0 Å². The zero-order valence-electron chi connectivity index (χ0n) is 10.9. The molecule has 96 valence electrons. The largest absolute Gasteiger partial charge is 0.395 e. The van der Waals surface area contributed by atoms with Crippen LogP contribution in [-0.2, 0) is 13.0 Å². The summed E-state index contributed by atoms with van der Waals surface area (Å²) in [6, 6.07) is 0.330. The lowest BCUT2D eigenvalue weighted by Gasteiger charge is -2.34. The molecule has 0 aromatic carbocycles. The topological polar surface area (TPSA) is 52.2 Å². The second kappa shape index (κ2) is 5.65. The number of nitrogens with one attached hydrogen (secondary N) is 1. The molecule has 1 unspecified atom stereocenters. The SMILES string of the molecule is CCc1n[nH]c(CN2CCCCC2CO)c1C. The normalized spacial score (nSPS) is 21.9. The molecule has 1 aliphatic rings. The molecule has 1 fully saturated rings. The van der Waals surface area contributed by atoms with Gasteiger partial charge in [0.1, 0.15) is 0 Å². The van der Waals surface area contributed by atoms with Gasteiger partial charge in [0.15, 0.2) is 0 Å². The summed E-state index contributed by atoms with van der Waals surface area (Å²) in [7, 11) is 0. The Balaban J connectivity index is 2.05. The Hall–Kier alpha value is -0.870. The zero-order chi connectivity index (χ0) is 12.3. The molecule has 0 spiro atoms. The average molecular weight is 237 g/mol. The van der Waals surface area contributed by atoms with Crippen LogP contribution in [0.25, 0.3) is 0 Å². The predicted molar refractivity (Wildman–Crippen MR) is 67.8 cm³/mol. The van der Waals surface area contributed by atoms with Gasteiger partial charge in [0.2, 0.25) is 0 Å². The van der Waals surface area contributed by atoms with E-state index in [0.29, 0.717) is 6.04 Å². The molecule has 2 rings (SSSR count). The number of aryl methyl sites for hydroxylation is 1. The summed E-state index contributed by atoms with van der Waals surface area (Å²) < 4.78 is 0. The maximum atomic E-state index is 9.39. The van der Waals surface area contributed by atoms with Crippen LogP contribution in [0, 0.1) is 6.92 Å². The van der Waals surface area contributed by atoms with E-state index in [2.05, 4.69) is 28.9 Å². The number of aromatic amines is 1. The van der Waals surface area contributed by atoms with Crippen molar-refractivity contribution in [2.24, 2.45) is 0 Å².